The minimum absolute atomic E-state index is 0.00497. The van der Waals surface area contributed by atoms with E-state index in [-0.39, 0.29) is 11.9 Å². The van der Waals surface area contributed by atoms with E-state index < -0.39 is 0 Å². The summed E-state index contributed by atoms with van der Waals surface area (Å²) in [6.45, 7) is 5.65. The number of rotatable bonds is 8. The summed E-state index contributed by atoms with van der Waals surface area (Å²) in [6, 6.07) is 8.21. The van der Waals surface area contributed by atoms with Crippen LogP contribution < -0.4 is 15.4 Å². The van der Waals surface area contributed by atoms with Gasteiger partial charge in [0.2, 0.25) is 5.91 Å². The van der Waals surface area contributed by atoms with Gasteiger partial charge in [-0.25, -0.2) is 0 Å². The third kappa shape index (κ3) is 5.30. The number of carbonyl (C=O) groups is 1. The van der Waals surface area contributed by atoms with E-state index in [1.807, 2.05) is 18.2 Å². The first kappa shape index (κ1) is 15.5. The lowest BCUT2D eigenvalue weighted by atomic mass is 10.1. The number of nitrogens with one attached hydrogen (secondary N) is 2. The van der Waals surface area contributed by atoms with Gasteiger partial charge in [-0.05, 0) is 26.0 Å². The van der Waals surface area contributed by atoms with Crippen LogP contribution in [0, 0.1) is 0 Å². The van der Waals surface area contributed by atoms with Gasteiger partial charge >= 0.3 is 0 Å². The zero-order chi connectivity index (χ0) is 14.1. The average molecular weight is 264 g/mol. The highest BCUT2D eigenvalue weighted by Gasteiger charge is 2.10. The summed E-state index contributed by atoms with van der Waals surface area (Å²) in [5, 5.41) is 6.03. The molecule has 19 heavy (non-hydrogen) atoms. The van der Waals surface area contributed by atoms with Crippen molar-refractivity contribution in [3.8, 4) is 5.75 Å². The van der Waals surface area contributed by atoms with Gasteiger partial charge in [0.15, 0.2) is 0 Å². The molecule has 4 nitrogen and oxygen atoms in total. The summed E-state index contributed by atoms with van der Waals surface area (Å²) in [5.74, 6) is 0.845. The predicted octanol–water partition coefficient (Wildman–Crippen LogP) is 2.26. The number of hydrogen-bond acceptors (Lipinski definition) is 3. The van der Waals surface area contributed by atoms with Crippen molar-refractivity contribution in [3.05, 3.63) is 29.8 Å². The highest BCUT2D eigenvalue weighted by atomic mass is 16.5. The maximum atomic E-state index is 11.2. The molecule has 0 aliphatic rings. The van der Waals surface area contributed by atoms with E-state index >= 15 is 0 Å². The molecule has 1 atom stereocenters. The van der Waals surface area contributed by atoms with E-state index in [4.69, 9.17) is 4.74 Å². The Bertz CT molecular complexity index is 393. The standard InChI is InChI=1S/C15H24N2O2/c1-4-10-17-12(2)13-7-5-6-8-14(13)19-11-9-15(18)16-3/h5-8,12,17H,4,9-11H2,1-3H3,(H,16,18). The smallest absolute Gasteiger partial charge is 0.223 e. The van der Waals surface area contributed by atoms with Crippen LogP contribution in [-0.2, 0) is 4.79 Å². The molecule has 1 aromatic carbocycles. The first-order chi connectivity index (χ1) is 9.19. The molecule has 1 unspecified atom stereocenters. The largest absolute Gasteiger partial charge is 0.493 e. The Morgan fingerprint density at radius 3 is 2.79 bits per heavy atom. The average Bonchev–Trinajstić information content (AvgIpc) is 2.45. The summed E-state index contributed by atoms with van der Waals surface area (Å²) in [7, 11) is 1.63. The van der Waals surface area contributed by atoms with Gasteiger partial charge in [0.1, 0.15) is 5.75 Å². The topological polar surface area (TPSA) is 50.4 Å². The summed E-state index contributed by atoms with van der Waals surface area (Å²) < 4.78 is 5.71. The normalized spacial score (nSPS) is 11.9. The summed E-state index contributed by atoms with van der Waals surface area (Å²) in [6.07, 6.45) is 1.48. The van der Waals surface area contributed by atoms with Crippen molar-refractivity contribution in [2.75, 3.05) is 20.2 Å². The van der Waals surface area contributed by atoms with Crippen LogP contribution in [0.25, 0.3) is 0 Å². The van der Waals surface area contributed by atoms with E-state index in [1.54, 1.807) is 7.05 Å². The van der Waals surface area contributed by atoms with E-state index in [0.717, 1.165) is 24.3 Å². The molecule has 0 heterocycles. The highest BCUT2D eigenvalue weighted by Crippen LogP contribution is 2.24. The highest BCUT2D eigenvalue weighted by molar-refractivity contribution is 5.75. The molecule has 4 heteroatoms. The van der Waals surface area contributed by atoms with Gasteiger partial charge in [-0.3, -0.25) is 4.79 Å². The summed E-state index contributed by atoms with van der Waals surface area (Å²) in [4.78, 5) is 11.2. The fraction of sp³-hybridized carbons (Fsp3) is 0.533. The van der Waals surface area contributed by atoms with E-state index in [0.29, 0.717) is 13.0 Å². The Hall–Kier alpha value is -1.55. The molecule has 1 aromatic rings. The van der Waals surface area contributed by atoms with E-state index in [1.165, 1.54) is 0 Å². The molecule has 0 saturated carbocycles. The molecule has 2 N–H and O–H groups in total. The van der Waals surface area contributed by atoms with Crippen LogP contribution in [0.1, 0.15) is 38.3 Å². The number of ether oxygens (including phenoxy) is 1. The molecule has 0 radical (unpaired) electrons. The van der Waals surface area contributed by atoms with Crippen molar-refractivity contribution >= 4 is 5.91 Å². The third-order valence-corrected chi connectivity index (χ3v) is 2.95. The quantitative estimate of drug-likeness (QED) is 0.757. The number of para-hydroxylation sites is 1. The third-order valence-electron chi connectivity index (χ3n) is 2.95. The van der Waals surface area contributed by atoms with Crippen molar-refractivity contribution in [2.45, 2.75) is 32.7 Å². The van der Waals surface area contributed by atoms with Gasteiger partial charge in [0.05, 0.1) is 13.0 Å². The van der Waals surface area contributed by atoms with Crippen LogP contribution in [0.15, 0.2) is 24.3 Å². The van der Waals surface area contributed by atoms with Crippen molar-refractivity contribution in [2.24, 2.45) is 0 Å². The molecule has 1 amide bonds. The lowest BCUT2D eigenvalue weighted by Gasteiger charge is -2.18. The zero-order valence-corrected chi connectivity index (χ0v) is 12.0. The first-order valence-corrected chi connectivity index (χ1v) is 6.84. The second-order valence-electron chi connectivity index (χ2n) is 4.49. The van der Waals surface area contributed by atoms with Crippen LogP contribution in [0.2, 0.25) is 0 Å². The van der Waals surface area contributed by atoms with Crippen molar-refractivity contribution in [3.63, 3.8) is 0 Å². The van der Waals surface area contributed by atoms with Crippen LogP contribution in [-0.4, -0.2) is 26.1 Å². The fourth-order valence-corrected chi connectivity index (χ4v) is 1.82. The number of amides is 1. The number of carbonyl (C=O) groups excluding carboxylic acids is 1. The SMILES string of the molecule is CCCNC(C)c1ccccc1OCCC(=O)NC. The Labute approximate surface area is 115 Å². The first-order valence-electron chi connectivity index (χ1n) is 6.84. The molecule has 0 aromatic heterocycles. The van der Waals surface area contributed by atoms with E-state index in [2.05, 4.69) is 30.5 Å². The predicted molar refractivity (Wildman–Crippen MR) is 77.3 cm³/mol. The number of hydrogen-bond donors (Lipinski definition) is 2. The lowest BCUT2D eigenvalue weighted by Crippen LogP contribution is -2.22. The van der Waals surface area contributed by atoms with Crippen LogP contribution >= 0.6 is 0 Å². The van der Waals surface area contributed by atoms with Gasteiger partial charge in [-0.15, -0.1) is 0 Å². The van der Waals surface area contributed by atoms with Gasteiger partial charge in [-0.2, -0.15) is 0 Å². The molecule has 1 rings (SSSR count). The number of benzene rings is 1. The minimum atomic E-state index is -0.00497. The zero-order valence-electron chi connectivity index (χ0n) is 12.0. The molecule has 106 valence electrons. The molecular formula is C15H24N2O2. The Kier molecular flexibility index (Phi) is 6.97. The van der Waals surface area contributed by atoms with Gasteiger partial charge < -0.3 is 15.4 Å². The summed E-state index contributed by atoms with van der Waals surface area (Å²) >= 11 is 0. The molecular weight excluding hydrogens is 240 g/mol. The second-order valence-corrected chi connectivity index (χ2v) is 4.49. The van der Waals surface area contributed by atoms with Crippen molar-refractivity contribution in [1.29, 1.82) is 0 Å². The molecule has 0 saturated heterocycles. The van der Waals surface area contributed by atoms with Gasteiger partial charge in [0, 0.05) is 18.7 Å². The van der Waals surface area contributed by atoms with Crippen molar-refractivity contribution < 1.29 is 9.53 Å². The molecule has 0 spiro atoms. The maximum absolute atomic E-state index is 11.2. The molecule has 0 bridgehead atoms. The molecule has 0 aliphatic carbocycles. The molecule has 0 aliphatic heterocycles. The van der Waals surface area contributed by atoms with Crippen molar-refractivity contribution in [1.82, 2.24) is 10.6 Å². The molecule has 0 fully saturated rings. The minimum Gasteiger partial charge on any atom is -0.493 e. The summed E-state index contributed by atoms with van der Waals surface area (Å²) in [5.41, 5.74) is 1.13. The maximum Gasteiger partial charge on any atom is 0.223 e. The van der Waals surface area contributed by atoms with E-state index in [9.17, 15) is 4.79 Å². The van der Waals surface area contributed by atoms with Crippen LogP contribution in [0.5, 0.6) is 5.75 Å². The Balaban J connectivity index is 2.59. The van der Waals surface area contributed by atoms with Crippen LogP contribution in [0.3, 0.4) is 0 Å². The Morgan fingerprint density at radius 1 is 1.37 bits per heavy atom. The fourth-order valence-electron chi connectivity index (χ4n) is 1.82. The van der Waals surface area contributed by atoms with Gasteiger partial charge in [-0.1, -0.05) is 25.1 Å². The van der Waals surface area contributed by atoms with Crippen LogP contribution in [0.4, 0.5) is 0 Å². The monoisotopic (exact) mass is 264 g/mol. The Morgan fingerprint density at radius 2 is 2.11 bits per heavy atom. The van der Waals surface area contributed by atoms with Gasteiger partial charge in [0.25, 0.3) is 0 Å². The second kappa shape index (κ2) is 8.53. The lowest BCUT2D eigenvalue weighted by molar-refractivity contribution is -0.121.